The molecule has 0 aliphatic heterocycles. The molecule has 7 N–H and O–H groups in total. The standard InChI is InChI=1S/C4H11NO2.CH4N2O.CH2O/c6-3-1-5-2-4-7;2-1(3)4;1-2/h5-7H,1-4H2;(H4,2,3,4);1H2. The van der Waals surface area contributed by atoms with Gasteiger partial charge in [-0.15, -0.1) is 0 Å². The molecule has 0 saturated heterocycles. The van der Waals surface area contributed by atoms with E-state index in [1.54, 1.807) is 0 Å². The predicted molar refractivity (Wildman–Crippen MR) is 47.9 cm³/mol. The van der Waals surface area contributed by atoms with Crippen molar-refractivity contribution in [2.24, 2.45) is 11.5 Å². The Kier molecular flexibility index (Phi) is 30.7. The van der Waals surface area contributed by atoms with Gasteiger partial charge in [-0.1, -0.05) is 0 Å². The van der Waals surface area contributed by atoms with E-state index in [2.05, 4.69) is 16.8 Å². The second kappa shape index (κ2) is 22.4. The Morgan fingerprint density at radius 3 is 1.54 bits per heavy atom. The normalized spacial score (nSPS) is 7.23. The molecular formula is C6H17N3O4. The lowest BCUT2D eigenvalue weighted by Gasteiger charge is -1.94. The maximum Gasteiger partial charge on any atom is 0.309 e. The van der Waals surface area contributed by atoms with E-state index in [0.29, 0.717) is 13.1 Å². The molecule has 0 aromatic heterocycles. The van der Waals surface area contributed by atoms with Gasteiger partial charge in [0, 0.05) is 13.1 Å². The van der Waals surface area contributed by atoms with Gasteiger partial charge in [-0.2, -0.15) is 0 Å². The first-order valence-electron chi connectivity index (χ1n) is 3.41. The van der Waals surface area contributed by atoms with E-state index >= 15 is 0 Å². The van der Waals surface area contributed by atoms with Crippen LogP contribution >= 0.6 is 0 Å². The molecule has 0 aromatic rings. The van der Waals surface area contributed by atoms with Crippen LogP contribution in [0.15, 0.2) is 0 Å². The number of urea groups is 1. The lowest BCUT2D eigenvalue weighted by atomic mass is 10.6. The number of aliphatic hydroxyl groups is 2. The van der Waals surface area contributed by atoms with Crippen molar-refractivity contribution in [3.05, 3.63) is 0 Å². The van der Waals surface area contributed by atoms with Crippen LogP contribution in [-0.4, -0.2) is 49.3 Å². The number of carbonyl (C=O) groups is 2. The van der Waals surface area contributed by atoms with Gasteiger partial charge >= 0.3 is 6.03 Å². The quantitative estimate of drug-likeness (QED) is 0.313. The van der Waals surface area contributed by atoms with Gasteiger partial charge in [0.25, 0.3) is 0 Å². The van der Waals surface area contributed by atoms with Gasteiger partial charge in [0.15, 0.2) is 0 Å². The lowest BCUT2D eigenvalue weighted by molar-refractivity contribution is -0.0979. The Morgan fingerprint density at radius 1 is 1.15 bits per heavy atom. The average Bonchev–Trinajstić information content (AvgIpc) is 2.08. The van der Waals surface area contributed by atoms with Crippen molar-refractivity contribution in [3.8, 4) is 0 Å². The molecule has 7 nitrogen and oxygen atoms in total. The zero-order chi connectivity index (χ0) is 11.1. The van der Waals surface area contributed by atoms with Crippen LogP contribution in [0.5, 0.6) is 0 Å². The van der Waals surface area contributed by atoms with Crippen LogP contribution in [0.1, 0.15) is 0 Å². The zero-order valence-electron chi connectivity index (χ0n) is 7.40. The fourth-order valence-corrected chi connectivity index (χ4v) is 0.283. The number of amides is 2. The van der Waals surface area contributed by atoms with E-state index < -0.39 is 6.03 Å². The highest BCUT2D eigenvalue weighted by Gasteiger charge is 1.78. The van der Waals surface area contributed by atoms with Gasteiger partial charge in [-0.05, 0) is 0 Å². The molecule has 0 unspecified atom stereocenters. The summed E-state index contributed by atoms with van der Waals surface area (Å²) in [7, 11) is 0. The van der Waals surface area contributed by atoms with Crippen LogP contribution < -0.4 is 16.8 Å². The molecule has 2 amide bonds. The number of rotatable bonds is 4. The predicted octanol–water partition coefficient (Wildman–Crippen LogP) is -2.60. The van der Waals surface area contributed by atoms with Crippen molar-refractivity contribution in [1.29, 1.82) is 0 Å². The Labute approximate surface area is 76.7 Å². The van der Waals surface area contributed by atoms with Crippen LogP contribution in [-0.2, 0) is 4.79 Å². The van der Waals surface area contributed by atoms with Crippen molar-refractivity contribution in [2.75, 3.05) is 26.3 Å². The number of nitrogens with one attached hydrogen (secondary N) is 1. The van der Waals surface area contributed by atoms with Crippen molar-refractivity contribution in [1.82, 2.24) is 5.32 Å². The molecule has 0 atom stereocenters. The molecule has 0 rings (SSSR count). The molecule has 0 radical (unpaired) electrons. The van der Waals surface area contributed by atoms with Crippen LogP contribution in [0.25, 0.3) is 0 Å². The fraction of sp³-hybridized carbons (Fsp3) is 0.667. The van der Waals surface area contributed by atoms with E-state index in [-0.39, 0.29) is 13.2 Å². The van der Waals surface area contributed by atoms with Crippen LogP contribution in [0.2, 0.25) is 0 Å². The molecule has 0 aromatic carbocycles. The summed E-state index contributed by atoms with van der Waals surface area (Å²) in [6.45, 7) is 3.42. The molecule has 0 fully saturated rings. The highest BCUT2D eigenvalue weighted by molar-refractivity contribution is 5.69. The topological polar surface area (TPSA) is 139 Å². The minimum Gasteiger partial charge on any atom is -0.395 e. The summed E-state index contributed by atoms with van der Waals surface area (Å²) >= 11 is 0. The SMILES string of the molecule is C=O.NC(N)=O.OCCNCCO. The van der Waals surface area contributed by atoms with Crippen molar-refractivity contribution in [2.45, 2.75) is 0 Å². The van der Waals surface area contributed by atoms with Crippen molar-refractivity contribution in [3.63, 3.8) is 0 Å². The van der Waals surface area contributed by atoms with E-state index in [9.17, 15) is 0 Å². The summed E-state index contributed by atoms with van der Waals surface area (Å²) < 4.78 is 0. The second-order valence-corrected chi connectivity index (χ2v) is 1.60. The number of aliphatic hydroxyl groups excluding tert-OH is 2. The Morgan fingerprint density at radius 2 is 1.38 bits per heavy atom. The summed E-state index contributed by atoms with van der Waals surface area (Å²) in [5.74, 6) is 0. The smallest absolute Gasteiger partial charge is 0.309 e. The highest BCUT2D eigenvalue weighted by Crippen LogP contribution is 1.54. The molecular weight excluding hydrogens is 178 g/mol. The second-order valence-electron chi connectivity index (χ2n) is 1.60. The molecule has 13 heavy (non-hydrogen) atoms. The van der Waals surface area contributed by atoms with Crippen molar-refractivity contribution < 1.29 is 19.8 Å². The molecule has 0 aliphatic rings. The summed E-state index contributed by atoms with van der Waals surface area (Å²) in [6, 6.07) is -0.833. The van der Waals surface area contributed by atoms with Gasteiger partial charge in [-0.3, -0.25) is 0 Å². The Hall–Kier alpha value is -1.18. The summed E-state index contributed by atoms with van der Waals surface area (Å²) in [5.41, 5.74) is 8.50. The van der Waals surface area contributed by atoms with E-state index in [1.807, 2.05) is 6.79 Å². The van der Waals surface area contributed by atoms with E-state index in [0.717, 1.165) is 0 Å². The third-order valence-corrected chi connectivity index (χ3v) is 0.577. The van der Waals surface area contributed by atoms with Gasteiger partial charge < -0.3 is 31.8 Å². The number of carbonyl (C=O) groups excluding carboxylic acids is 2. The first kappa shape index (κ1) is 17.8. The van der Waals surface area contributed by atoms with Gasteiger partial charge in [-0.25, -0.2) is 4.79 Å². The minimum atomic E-state index is -0.833. The third-order valence-electron chi connectivity index (χ3n) is 0.577. The van der Waals surface area contributed by atoms with Crippen LogP contribution in [0.4, 0.5) is 4.79 Å². The molecule has 0 aliphatic carbocycles. The van der Waals surface area contributed by atoms with Gasteiger partial charge in [0.05, 0.1) is 13.2 Å². The number of hydrogen-bond acceptors (Lipinski definition) is 5. The highest BCUT2D eigenvalue weighted by atomic mass is 16.3. The maximum atomic E-state index is 9.00. The summed E-state index contributed by atoms with van der Waals surface area (Å²) in [6.07, 6.45) is 0. The summed E-state index contributed by atoms with van der Waals surface area (Å²) in [5, 5.41) is 19.1. The third kappa shape index (κ3) is 106. The molecule has 0 spiro atoms. The Balaban J connectivity index is -0.000000142. The summed E-state index contributed by atoms with van der Waals surface area (Å²) in [4.78, 5) is 17.0. The maximum absolute atomic E-state index is 9.00. The zero-order valence-corrected chi connectivity index (χ0v) is 7.40. The lowest BCUT2D eigenvalue weighted by Crippen LogP contribution is -2.21. The average molecular weight is 195 g/mol. The van der Waals surface area contributed by atoms with E-state index in [4.69, 9.17) is 19.8 Å². The molecule has 0 saturated carbocycles. The van der Waals surface area contributed by atoms with Crippen LogP contribution in [0.3, 0.4) is 0 Å². The van der Waals surface area contributed by atoms with E-state index in [1.165, 1.54) is 0 Å². The molecule has 80 valence electrons. The molecule has 7 heteroatoms. The number of primary amides is 2. The Bertz CT molecular complexity index is 93.9. The largest absolute Gasteiger partial charge is 0.395 e. The number of nitrogens with two attached hydrogens (primary N) is 2. The monoisotopic (exact) mass is 195 g/mol. The van der Waals surface area contributed by atoms with Crippen molar-refractivity contribution >= 4 is 12.8 Å². The first-order valence-corrected chi connectivity index (χ1v) is 3.41. The number of hydrogen-bond donors (Lipinski definition) is 5. The first-order chi connectivity index (χ1) is 6.15. The van der Waals surface area contributed by atoms with Gasteiger partial charge in [0.1, 0.15) is 6.79 Å². The molecule has 0 heterocycles. The van der Waals surface area contributed by atoms with Gasteiger partial charge in [0.2, 0.25) is 0 Å². The fourth-order valence-electron chi connectivity index (χ4n) is 0.283. The minimum absolute atomic E-state index is 0.139. The molecule has 0 bridgehead atoms. The van der Waals surface area contributed by atoms with Crippen LogP contribution in [0, 0.1) is 0 Å².